The lowest BCUT2D eigenvalue weighted by Gasteiger charge is -2.13. The third kappa shape index (κ3) is 2.50. The van der Waals surface area contributed by atoms with Gasteiger partial charge in [0, 0.05) is 22.7 Å². The lowest BCUT2D eigenvalue weighted by atomic mass is 9.85. The molecule has 7 heteroatoms. The van der Waals surface area contributed by atoms with Crippen LogP contribution in [-0.4, -0.2) is 40.7 Å². The number of para-hydroxylation sites is 1. The highest BCUT2D eigenvalue weighted by Gasteiger charge is 2.59. The van der Waals surface area contributed by atoms with Crippen molar-refractivity contribution < 1.29 is 19.1 Å². The summed E-state index contributed by atoms with van der Waals surface area (Å²) in [5.41, 5.74) is 1.58. The number of carbonyl (C=O) groups is 3. The molecule has 1 saturated heterocycles. The first-order valence-electron chi connectivity index (χ1n) is 9.78. The summed E-state index contributed by atoms with van der Waals surface area (Å²) in [5.74, 6) is -0.992. The molecular formula is C22H21N3O4. The maximum Gasteiger partial charge on any atom is 0.328 e. The van der Waals surface area contributed by atoms with Gasteiger partial charge in [-0.1, -0.05) is 30.4 Å². The van der Waals surface area contributed by atoms with E-state index in [0.717, 1.165) is 27.9 Å². The third-order valence-electron chi connectivity index (χ3n) is 6.49. The summed E-state index contributed by atoms with van der Waals surface area (Å²) >= 11 is 0. The number of hydrogen-bond acceptors (Lipinski definition) is 5. The number of rotatable bonds is 4. The number of methoxy groups -OCH3 is 1. The number of ether oxygens (including phenoxy) is 1. The van der Waals surface area contributed by atoms with Gasteiger partial charge in [-0.2, -0.15) is 10.1 Å². The Morgan fingerprint density at radius 3 is 2.48 bits per heavy atom. The lowest BCUT2D eigenvalue weighted by Crippen LogP contribution is -2.28. The Balaban J connectivity index is 1.48. The van der Waals surface area contributed by atoms with E-state index >= 15 is 0 Å². The van der Waals surface area contributed by atoms with Gasteiger partial charge in [0.05, 0.1) is 25.2 Å². The number of hydrazone groups is 1. The van der Waals surface area contributed by atoms with Crippen molar-refractivity contribution in [1.29, 1.82) is 0 Å². The van der Waals surface area contributed by atoms with Crippen LogP contribution in [0.2, 0.25) is 0 Å². The van der Waals surface area contributed by atoms with Gasteiger partial charge in [-0.05, 0) is 31.2 Å². The maximum atomic E-state index is 12.8. The molecule has 1 aromatic carbocycles. The van der Waals surface area contributed by atoms with Crippen molar-refractivity contribution in [3.8, 4) is 0 Å². The maximum absolute atomic E-state index is 12.8. The van der Waals surface area contributed by atoms with Crippen molar-refractivity contribution in [2.45, 2.75) is 19.4 Å². The van der Waals surface area contributed by atoms with Gasteiger partial charge in [0.2, 0.25) is 0 Å². The van der Waals surface area contributed by atoms with E-state index in [9.17, 15) is 14.4 Å². The Kier molecular flexibility index (Phi) is 3.94. The largest absolute Gasteiger partial charge is 0.467 e. The van der Waals surface area contributed by atoms with E-state index in [1.165, 1.54) is 13.3 Å². The molecule has 2 heterocycles. The molecule has 5 atom stereocenters. The molecule has 1 saturated carbocycles. The monoisotopic (exact) mass is 391 g/mol. The van der Waals surface area contributed by atoms with Gasteiger partial charge in [-0.15, -0.1) is 0 Å². The lowest BCUT2D eigenvalue weighted by molar-refractivity contribution is -0.144. The van der Waals surface area contributed by atoms with Gasteiger partial charge in [-0.3, -0.25) is 9.59 Å². The molecule has 7 nitrogen and oxygen atoms in total. The molecule has 5 rings (SSSR count). The summed E-state index contributed by atoms with van der Waals surface area (Å²) in [6.07, 6.45) is 8.35. The standard InChI is InChI=1S/C22H21N3O4/c1-12(22(28)29-2)24-11-15(16-5-3-4-6-17(16)24)10-23-25-20(26)18-13-7-8-14(9-13)19(18)21(25)27/h3-8,10-14,18-19H,9H2,1-2H3/t12-,13+,14+,18-,19+/m1/s1. The van der Waals surface area contributed by atoms with Crippen molar-refractivity contribution >= 4 is 34.9 Å². The van der Waals surface area contributed by atoms with Crippen LogP contribution < -0.4 is 0 Å². The highest BCUT2D eigenvalue weighted by atomic mass is 16.5. The van der Waals surface area contributed by atoms with E-state index in [4.69, 9.17) is 4.74 Å². The molecular weight excluding hydrogens is 370 g/mol. The molecule has 29 heavy (non-hydrogen) atoms. The Hall–Kier alpha value is -3.22. The van der Waals surface area contributed by atoms with Crippen molar-refractivity contribution in [3.63, 3.8) is 0 Å². The smallest absolute Gasteiger partial charge is 0.328 e. The van der Waals surface area contributed by atoms with Gasteiger partial charge in [0.15, 0.2) is 0 Å². The SMILES string of the molecule is COC(=O)[C@@H](C)n1cc(C=NN2C(=O)[C@@H]3[C@H](C2=O)[C@H]2C=C[C@H]3C2)c2ccccc21. The van der Waals surface area contributed by atoms with E-state index in [0.29, 0.717) is 0 Å². The molecule has 3 aliphatic rings. The number of carbonyl (C=O) groups excluding carboxylic acids is 3. The van der Waals surface area contributed by atoms with E-state index < -0.39 is 6.04 Å². The Labute approximate surface area is 167 Å². The Bertz CT molecular complexity index is 1070. The molecule has 2 fully saturated rings. The molecule has 2 aliphatic carbocycles. The molecule has 0 spiro atoms. The van der Waals surface area contributed by atoms with Crippen LogP contribution in [0, 0.1) is 23.7 Å². The fourth-order valence-corrected chi connectivity index (χ4v) is 5.06. The molecule has 2 aromatic rings. The van der Waals surface area contributed by atoms with Crippen LogP contribution >= 0.6 is 0 Å². The van der Waals surface area contributed by atoms with Gasteiger partial charge in [0.1, 0.15) is 6.04 Å². The van der Waals surface area contributed by atoms with Crippen molar-refractivity contribution in [1.82, 2.24) is 9.58 Å². The number of benzene rings is 1. The number of aromatic nitrogens is 1. The predicted octanol–water partition coefficient (Wildman–Crippen LogP) is 2.52. The summed E-state index contributed by atoms with van der Waals surface area (Å²) in [5, 5.41) is 6.20. The second-order valence-corrected chi connectivity index (χ2v) is 7.94. The second kappa shape index (κ2) is 6.40. The summed E-state index contributed by atoms with van der Waals surface area (Å²) in [6, 6.07) is 7.10. The van der Waals surface area contributed by atoms with Crippen LogP contribution in [-0.2, 0) is 19.1 Å². The quantitative estimate of drug-likeness (QED) is 0.347. The van der Waals surface area contributed by atoms with E-state index in [2.05, 4.69) is 17.3 Å². The van der Waals surface area contributed by atoms with Crippen LogP contribution in [0.1, 0.15) is 24.9 Å². The van der Waals surface area contributed by atoms with Gasteiger partial charge in [0.25, 0.3) is 11.8 Å². The molecule has 0 radical (unpaired) electrons. The fraction of sp³-hybridized carbons (Fsp3) is 0.364. The number of hydrogen-bond donors (Lipinski definition) is 0. The van der Waals surface area contributed by atoms with E-state index in [1.807, 2.05) is 28.8 Å². The highest BCUT2D eigenvalue weighted by molar-refractivity contribution is 6.07. The number of esters is 1. The molecule has 0 N–H and O–H groups in total. The summed E-state index contributed by atoms with van der Waals surface area (Å²) in [4.78, 5) is 37.6. The van der Waals surface area contributed by atoms with Crippen LogP contribution in [0.15, 0.2) is 47.7 Å². The number of amides is 2. The topological polar surface area (TPSA) is 81.0 Å². The number of imide groups is 1. The highest BCUT2D eigenvalue weighted by Crippen LogP contribution is 2.52. The summed E-state index contributed by atoms with van der Waals surface area (Å²) in [7, 11) is 1.36. The normalized spacial score (nSPS) is 28.7. The summed E-state index contributed by atoms with van der Waals surface area (Å²) < 4.78 is 6.68. The minimum atomic E-state index is -0.511. The van der Waals surface area contributed by atoms with Crippen molar-refractivity contribution in [3.05, 3.63) is 48.2 Å². The van der Waals surface area contributed by atoms with Crippen LogP contribution in [0.25, 0.3) is 10.9 Å². The molecule has 2 bridgehead atoms. The molecule has 1 aliphatic heterocycles. The second-order valence-electron chi connectivity index (χ2n) is 7.94. The van der Waals surface area contributed by atoms with Crippen LogP contribution in [0.5, 0.6) is 0 Å². The zero-order valence-corrected chi connectivity index (χ0v) is 16.2. The van der Waals surface area contributed by atoms with Gasteiger partial charge >= 0.3 is 5.97 Å². The Morgan fingerprint density at radius 1 is 1.17 bits per heavy atom. The van der Waals surface area contributed by atoms with Gasteiger partial charge in [-0.25, -0.2) is 4.79 Å². The third-order valence-corrected chi connectivity index (χ3v) is 6.49. The number of nitrogens with zero attached hydrogens (tertiary/aromatic N) is 3. The zero-order chi connectivity index (χ0) is 20.3. The van der Waals surface area contributed by atoms with E-state index in [-0.39, 0.29) is 41.5 Å². The Morgan fingerprint density at radius 2 is 1.83 bits per heavy atom. The fourth-order valence-electron chi connectivity index (χ4n) is 5.06. The minimum absolute atomic E-state index is 0.157. The molecule has 2 amide bonds. The molecule has 0 unspecified atom stereocenters. The van der Waals surface area contributed by atoms with Crippen molar-refractivity contribution in [2.24, 2.45) is 28.8 Å². The average Bonchev–Trinajstić information content (AvgIpc) is 3.49. The first-order valence-corrected chi connectivity index (χ1v) is 9.78. The average molecular weight is 391 g/mol. The summed E-state index contributed by atoms with van der Waals surface area (Å²) in [6.45, 7) is 1.76. The van der Waals surface area contributed by atoms with Gasteiger partial charge < -0.3 is 9.30 Å². The zero-order valence-electron chi connectivity index (χ0n) is 16.2. The molecule has 148 valence electrons. The number of allylic oxidation sites excluding steroid dienone is 2. The number of fused-ring (bicyclic) bond motifs is 6. The van der Waals surface area contributed by atoms with E-state index in [1.54, 1.807) is 13.1 Å². The minimum Gasteiger partial charge on any atom is -0.467 e. The first kappa shape index (κ1) is 17.8. The van der Waals surface area contributed by atoms with Crippen molar-refractivity contribution in [2.75, 3.05) is 7.11 Å². The van der Waals surface area contributed by atoms with Crippen LogP contribution in [0.3, 0.4) is 0 Å². The predicted molar refractivity (Wildman–Crippen MR) is 106 cm³/mol. The van der Waals surface area contributed by atoms with Crippen LogP contribution in [0.4, 0.5) is 0 Å². The molecule has 1 aromatic heterocycles. The first-order chi connectivity index (χ1) is 14.0.